The Morgan fingerprint density at radius 1 is 1.11 bits per heavy atom. The van der Waals surface area contributed by atoms with Gasteiger partial charge in [0.15, 0.2) is 17.3 Å². The van der Waals surface area contributed by atoms with E-state index in [9.17, 15) is 4.79 Å². The third-order valence-electron chi connectivity index (χ3n) is 5.82. The molecule has 1 aliphatic carbocycles. The third kappa shape index (κ3) is 4.61. The fourth-order valence-corrected chi connectivity index (χ4v) is 4.38. The van der Waals surface area contributed by atoms with E-state index in [0.717, 1.165) is 42.7 Å². The number of carbonyl (C=O) groups excluding carboxylic acids is 1. The number of hydrogen-bond donors (Lipinski definition) is 0. The van der Waals surface area contributed by atoms with E-state index >= 15 is 0 Å². The highest BCUT2D eigenvalue weighted by Crippen LogP contribution is 2.33. The second kappa shape index (κ2) is 8.29. The van der Waals surface area contributed by atoms with Gasteiger partial charge in [-0.15, -0.1) is 0 Å². The van der Waals surface area contributed by atoms with Crippen molar-refractivity contribution in [1.29, 1.82) is 0 Å². The molecular formula is C22H31NO5. The van der Waals surface area contributed by atoms with Gasteiger partial charge in [-0.25, -0.2) is 0 Å². The summed E-state index contributed by atoms with van der Waals surface area (Å²) in [5, 5.41) is 0. The van der Waals surface area contributed by atoms with Gasteiger partial charge in [0.1, 0.15) is 6.10 Å². The van der Waals surface area contributed by atoms with Gasteiger partial charge in [-0.1, -0.05) is 31.7 Å². The lowest BCUT2D eigenvalue weighted by Crippen LogP contribution is -2.41. The van der Waals surface area contributed by atoms with E-state index in [4.69, 9.17) is 18.9 Å². The molecule has 2 fully saturated rings. The Balaban J connectivity index is 1.49. The minimum Gasteiger partial charge on any atom is -0.454 e. The third-order valence-corrected chi connectivity index (χ3v) is 5.82. The Labute approximate surface area is 167 Å². The molecule has 0 N–H and O–H groups in total. The van der Waals surface area contributed by atoms with Gasteiger partial charge in [0.2, 0.25) is 12.7 Å². The minimum absolute atomic E-state index is 0.0984. The van der Waals surface area contributed by atoms with Gasteiger partial charge < -0.3 is 23.8 Å². The molecule has 0 bridgehead atoms. The average molecular weight is 389 g/mol. The molecule has 3 aliphatic rings. The minimum atomic E-state index is -0.583. The molecular weight excluding hydrogens is 358 g/mol. The molecule has 154 valence electrons. The van der Waals surface area contributed by atoms with Crippen LogP contribution in [0.25, 0.3) is 0 Å². The van der Waals surface area contributed by atoms with Gasteiger partial charge >= 0.3 is 0 Å². The predicted octanol–water partition coefficient (Wildman–Crippen LogP) is 3.87. The maximum Gasteiger partial charge on any atom is 0.231 e. The lowest BCUT2D eigenvalue weighted by molar-refractivity contribution is -0.149. The zero-order valence-electron chi connectivity index (χ0n) is 16.9. The van der Waals surface area contributed by atoms with Gasteiger partial charge in [-0.2, -0.15) is 0 Å². The Morgan fingerprint density at radius 2 is 1.86 bits per heavy atom. The van der Waals surface area contributed by atoms with Crippen LogP contribution in [-0.4, -0.2) is 42.6 Å². The van der Waals surface area contributed by atoms with Gasteiger partial charge in [0.25, 0.3) is 0 Å². The summed E-state index contributed by atoms with van der Waals surface area (Å²) < 4.78 is 22.6. The average Bonchev–Trinajstić information content (AvgIpc) is 3.16. The van der Waals surface area contributed by atoms with Crippen molar-refractivity contribution in [2.45, 2.75) is 70.8 Å². The number of rotatable bonds is 5. The van der Waals surface area contributed by atoms with Crippen LogP contribution in [0.5, 0.6) is 11.5 Å². The standard InChI is InChI=1S/C22H31NO5/c1-22(2)27-14-18(28-22)13-23(21(24)17-7-5-3-4-6-8-17)12-16-9-10-19-20(11-16)26-15-25-19/h9-11,17-18H,3-8,12-15H2,1-2H3/t18-/m1/s1. The van der Waals surface area contributed by atoms with Crippen molar-refractivity contribution in [1.82, 2.24) is 4.90 Å². The van der Waals surface area contributed by atoms with Gasteiger partial charge in [0, 0.05) is 19.0 Å². The summed E-state index contributed by atoms with van der Waals surface area (Å²) in [5.41, 5.74) is 1.05. The normalized spacial score (nSPS) is 24.1. The maximum absolute atomic E-state index is 13.4. The smallest absolute Gasteiger partial charge is 0.231 e. The highest BCUT2D eigenvalue weighted by molar-refractivity contribution is 5.79. The van der Waals surface area contributed by atoms with Crippen LogP contribution in [0, 0.1) is 5.92 Å². The molecule has 6 heteroatoms. The fraction of sp³-hybridized carbons (Fsp3) is 0.682. The van der Waals surface area contributed by atoms with Crippen molar-refractivity contribution in [3.05, 3.63) is 23.8 Å². The molecule has 2 aliphatic heterocycles. The molecule has 1 saturated carbocycles. The number of hydrogen-bond acceptors (Lipinski definition) is 5. The second-order valence-electron chi connectivity index (χ2n) is 8.55. The number of ether oxygens (including phenoxy) is 4. The first-order valence-corrected chi connectivity index (χ1v) is 10.5. The van der Waals surface area contributed by atoms with Crippen LogP contribution in [0.3, 0.4) is 0 Å². The van der Waals surface area contributed by atoms with E-state index in [1.165, 1.54) is 12.8 Å². The van der Waals surface area contributed by atoms with Crippen LogP contribution in [0.15, 0.2) is 18.2 Å². The van der Waals surface area contributed by atoms with Crippen molar-refractivity contribution < 1.29 is 23.7 Å². The van der Waals surface area contributed by atoms with E-state index < -0.39 is 5.79 Å². The monoisotopic (exact) mass is 389 g/mol. The van der Waals surface area contributed by atoms with E-state index in [-0.39, 0.29) is 24.7 Å². The predicted molar refractivity (Wildman–Crippen MR) is 104 cm³/mol. The van der Waals surface area contributed by atoms with E-state index in [0.29, 0.717) is 19.7 Å². The first-order valence-electron chi connectivity index (χ1n) is 10.5. The molecule has 1 aromatic carbocycles. The fourth-order valence-electron chi connectivity index (χ4n) is 4.38. The largest absolute Gasteiger partial charge is 0.454 e. The summed E-state index contributed by atoms with van der Waals surface area (Å²) in [6.45, 7) is 5.71. The summed E-state index contributed by atoms with van der Waals surface area (Å²) in [5.74, 6) is 1.29. The highest BCUT2D eigenvalue weighted by Gasteiger charge is 2.35. The molecule has 4 rings (SSSR count). The summed E-state index contributed by atoms with van der Waals surface area (Å²) in [7, 11) is 0. The summed E-state index contributed by atoms with van der Waals surface area (Å²) >= 11 is 0. The maximum atomic E-state index is 13.4. The first-order chi connectivity index (χ1) is 13.5. The molecule has 0 spiro atoms. The lowest BCUT2D eigenvalue weighted by atomic mass is 9.98. The molecule has 1 atom stereocenters. The van der Waals surface area contributed by atoms with Gasteiger partial charge in [-0.3, -0.25) is 4.79 Å². The Bertz CT molecular complexity index is 696. The number of carbonyl (C=O) groups is 1. The lowest BCUT2D eigenvalue weighted by Gasteiger charge is -2.29. The molecule has 1 saturated heterocycles. The van der Waals surface area contributed by atoms with Crippen LogP contribution >= 0.6 is 0 Å². The number of fused-ring (bicyclic) bond motifs is 1. The SMILES string of the molecule is CC1(C)OC[C@@H](CN(Cc2ccc3c(c2)OCO3)C(=O)C2CCCCCC2)O1. The summed E-state index contributed by atoms with van der Waals surface area (Å²) in [6, 6.07) is 5.91. The molecule has 0 unspecified atom stereocenters. The molecule has 0 aromatic heterocycles. The summed E-state index contributed by atoms with van der Waals surface area (Å²) in [4.78, 5) is 15.4. The van der Waals surface area contributed by atoms with E-state index in [2.05, 4.69) is 0 Å². The van der Waals surface area contributed by atoms with Crippen molar-refractivity contribution in [3.63, 3.8) is 0 Å². The van der Waals surface area contributed by atoms with Gasteiger partial charge in [0.05, 0.1) is 6.61 Å². The van der Waals surface area contributed by atoms with Crippen LogP contribution < -0.4 is 9.47 Å². The molecule has 28 heavy (non-hydrogen) atoms. The Kier molecular flexibility index (Phi) is 5.78. The molecule has 2 heterocycles. The van der Waals surface area contributed by atoms with Crippen molar-refractivity contribution >= 4 is 5.91 Å². The molecule has 1 amide bonds. The number of amides is 1. The Hall–Kier alpha value is -1.79. The Morgan fingerprint density at radius 3 is 2.57 bits per heavy atom. The van der Waals surface area contributed by atoms with Crippen molar-refractivity contribution in [3.8, 4) is 11.5 Å². The second-order valence-corrected chi connectivity index (χ2v) is 8.55. The zero-order valence-corrected chi connectivity index (χ0v) is 16.9. The molecule has 1 aromatic rings. The molecule has 0 radical (unpaired) electrons. The summed E-state index contributed by atoms with van der Waals surface area (Å²) in [6.07, 6.45) is 6.64. The van der Waals surface area contributed by atoms with E-state index in [1.54, 1.807) is 0 Å². The quantitative estimate of drug-likeness (QED) is 0.716. The van der Waals surface area contributed by atoms with Gasteiger partial charge in [-0.05, 0) is 44.4 Å². The van der Waals surface area contributed by atoms with Crippen molar-refractivity contribution in [2.24, 2.45) is 5.92 Å². The van der Waals surface area contributed by atoms with Crippen LogP contribution in [-0.2, 0) is 20.8 Å². The van der Waals surface area contributed by atoms with E-state index in [1.807, 2.05) is 36.9 Å². The topological polar surface area (TPSA) is 57.2 Å². The molecule has 6 nitrogen and oxygen atoms in total. The van der Waals surface area contributed by atoms with Crippen LogP contribution in [0.2, 0.25) is 0 Å². The number of benzene rings is 1. The van der Waals surface area contributed by atoms with Crippen LogP contribution in [0.4, 0.5) is 0 Å². The van der Waals surface area contributed by atoms with Crippen molar-refractivity contribution in [2.75, 3.05) is 19.9 Å². The number of nitrogens with zero attached hydrogens (tertiary/aromatic N) is 1. The zero-order chi connectivity index (χ0) is 19.6. The first kappa shape index (κ1) is 19.5. The van der Waals surface area contributed by atoms with Crippen LogP contribution in [0.1, 0.15) is 57.9 Å². The highest BCUT2D eigenvalue weighted by atomic mass is 16.7.